The highest BCUT2D eigenvalue weighted by Crippen LogP contribution is 2.68. The van der Waals surface area contributed by atoms with Gasteiger partial charge in [-0.05, 0) is 73.5 Å². The van der Waals surface area contributed by atoms with Crippen LogP contribution in [0.4, 0.5) is 0 Å². The molecule has 0 amide bonds. The van der Waals surface area contributed by atoms with E-state index in [0.29, 0.717) is 11.8 Å². The predicted octanol–water partition coefficient (Wildman–Crippen LogP) is 6.07. The molecule has 0 spiro atoms. The Labute approximate surface area is 159 Å². The molecule has 26 heavy (non-hydrogen) atoms. The van der Waals surface area contributed by atoms with Crippen molar-refractivity contribution in [1.29, 1.82) is 0 Å². The van der Waals surface area contributed by atoms with Gasteiger partial charge >= 0.3 is 5.97 Å². The summed E-state index contributed by atoms with van der Waals surface area (Å²) in [6.07, 6.45) is 9.39. The maximum Gasteiger partial charge on any atom is 0.333 e. The summed E-state index contributed by atoms with van der Waals surface area (Å²) in [6, 6.07) is 0. The van der Waals surface area contributed by atoms with E-state index in [1.807, 2.05) is 6.92 Å². The molecule has 0 saturated heterocycles. The molecule has 0 radical (unpaired) electrons. The minimum absolute atomic E-state index is 0.0764. The number of hydrogen-bond donors (Lipinski definition) is 0. The van der Waals surface area contributed by atoms with Gasteiger partial charge in [0, 0.05) is 11.0 Å². The van der Waals surface area contributed by atoms with Gasteiger partial charge in [0.15, 0.2) is 0 Å². The summed E-state index contributed by atoms with van der Waals surface area (Å²) in [5, 5.41) is 0. The molecule has 144 valence electrons. The molecule has 2 nitrogen and oxygen atoms in total. The van der Waals surface area contributed by atoms with Crippen LogP contribution in [-0.2, 0) is 9.53 Å². The third-order valence-corrected chi connectivity index (χ3v) is 9.87. The van der Waals surface area contributed by atoms with Crippen LogP contribution in [0.2, 0.25) is 0 Å². The zero-order valence-corrected chi connectivity index (χ0v) is 17.6. The van der Waals surface area contributed by atoms with Crippen molar-refractivity contribution in [3.8, 4) is 0 Å². The second-order valence-corrected chi connectivity index (χ2v) is 11.1. The Morgan fingerprint density at radius 2 is 1.85 bits per heavy atom. The predicted molar refractivity (Wildman–Crippen MR) is 106 cm³/mol. The second-order valence-electron chi connectivity index (χ2n) is 11.1. The number of rotatable bonds is 3. The lowest BCUT2D eigenvalue weighted by molar-refractivity contribution is -0.152. The second kappa shape index (κ2) is 5.26. The van der Waals surface area contributed by atoms with Gasteiger partial charge in [0.25, 0.3) is 0 Å². The molecule has 0 aromatic heterocycles. The van der Waals surface area contributed by atoms with Crippen LogP contribution in [-0.4, -0.2) is 12.1 Å². The molecule has 4 fully saturated rings. The minimum atomic E-state index is -0.0919. The first-order valence-corrected chi connectivity index (χ1v) is 10.5. The number of hydrogen-bond acceptors (Lipinski definition) is 2. The van der Waals surface area contributed by atoms with Crippen LogP contribution in [0, 0.1) is 33.5 Å². The molecule has 0 aliphatic heterocycles. The van der Waals surface area contributed by atoms with E-state index in [1.165, 1.54) is 31.3 Å². The van der Waals surface area contributed by atoms with Gasteiger partial charge in [0.05, 0.1) is 0 Å². The van der Waals surface area contributed by atoms with Crippen LogP contribution < -0.4 is 0 Å². The van der Waals surface area contributed by atoms with Crippen LogP contribution in [0.1, 0.15) is 80.1 Å². The normalized spacial score (nSPS) is 45.4. The lowest BCUT2D eigenvalue weighted by Crippen LogP contribution is -2.38. The number of ether oxygens (including phenoxy) is 1. The lowest BCUT2D eigenvalue weighted by Gasteiger charge is -2.42. The van der Waals surface area contributed by atoms with Crippen LogP contribution >= 0.6 is 0 Å². The fraction of sp³-hybridized carbons (Fsp3) is 0.792. The molecule has 0 aromatic carbocycles. The number of esters is 1. The van der Waals surface area contributed by atoms with Crippen molar-refractivity contribution in [3.05, 3.63) is 23.8 Å². The fourth-order valence-electron chi connectivity index (χ4n) is 7.09. The molecule has 5 atom stereocenters. The maximum absolute atomic E-state index is 13.0. The highest BCUT2D eigenvalue weighted by Gasteiger charge is 2.63. The Morgan fingerprint density at radius 1 is 1.15 bits per heavy atom. The molecule has 0 aromatic rings. The van der Waals surface area contributed by atoms with E-state index in [0.717, 1.165) is 18.4 Å². The summed E-state index contributed by atoms with van der Waals surface area (Å²) in [7, 11) is 0. The van der Waals surface area contributed by atoms with Crippen molar-refractivity contribution in [3.63, 3.8) is 0 Å². The molecule has 4 aliphatic rings. The van der Waals surface area contributed by atoms with E-state index in [4.69, 9.17) is 4.74 Å². The molecular weight excluding hydrogens is 320 g/mol. The fourth-order valence-corrected chi connectivity index (χ4v) is 7.09. The van der Waals surface area contributed by atoms with Crippen molar-refractivity contribution >= 4 is 5.97 Å². The van der Waals surface area contributed by atoms with Crippen LogP contribution in [0.3, 0.4) is 0 Å². The highest BCUT2D eigenvalue weighted by atomic mass is 16.5. The lowest BCUT2D eigenvalue weighted by atomic mass is 9.62. The highest BCUT2D eigenvalue weighted by molar-refractivity contribution is 5.88. The largest absolute Gasteiger partial charge is 0.458 e. The molecule has 4 rings (SSSR count). The summed E-state index contributed by atoms with van der Waals surface area (Å²) in [5.41, 5.74) is 2.76. The molecule has 0 heterocycles. The standard InChI is InChI=1S/C24H36O2/c1-15(13-24-11-8-17(14-24)16(2)21(24,3)4)20(25)26-19-12-18-9-10-23(19,7)22(18,5)6/h13,17-19H,2,8-12,14H2,1,3-7H3/b15-13+. The smallest absolute Gasteiger partial charge is 0.333 e. The van der Waals surface area contributed by atoms with E-state index >= 15 is 0 Å². The van der Waals surface area contributed by atoms with Gasteiger partial charge in [0.1, 0.15) is 6.10 Å². The van der Waals surface area contributed by atoms with Crippen LogP contribution in [0.25, 0.3) is 0 Å². The van der Waals surface area contributed by atoms with Gasteiger partial charge in [-0.3, -0.25) is 0 Å². The van der Waals surface area contributed by atoms with E-state index in [-0.39, 0.29) is 33.7 Å². The van der Waals surface area contributed by atoms with Crippen molar-refractivity contribution in [1.82, 2.24) is 0 Å². The molecular formula is C24H36O2. The van der Waals surface area contributed by atoms with Crippen molar-refractivity contribution in [2.24, 2.45) is 33.5 Å². The van der Waals surface area contributed by atoms with Crippen molar-refractivity contribution in [2.45, 2.75) is 86.2 Å². The first-order chi connectivity index (χ1) is 11.9. The maximum atomic E-state index is 13.0. The molecule has 4 bridgehead atoms. The summed E-state index contributed by atoms with van der Waals surface area (Å²) in [4.78, 5) is 13.0. The summed E-state index contributed by atoms with van der Waals surface area (Å²) in [6.45, 7) is 18.0. The molecule has 4 saturated carbocycles. The van der Waals surface area contributed by atoms with E-state index in [9.17, 15) is 4.79 Å². The molecule has 4 aliphatic carbocycles. The Bertz CT molecular complexity index is 697. The minimum Gasteiger partial charge on any atom is -0.458 e. The Balaban J connectivity index is 1.53. The zero-order valence-electron chi connectivity index (χ0n) is 17.6. The van der Waals surface area contributed by atoms with Crippen molar-refractivity contribution in [2.75, 3.05) is 0 Å². The van der Waals surface area contributed by atoms with E-state index in [2.05, 4.69) is 47.3 Å². The quantitative estimate of drug-likeness (QED) is 0.348. The number of allylic oxidation sites excluding steroid dienone is 2. The van der Waals surface area contributed by atoms with Gasteiger partial charge in [-0.1, -0.05) is 52.8 Å². The van der Waals surface area contributed by atoms with Crippen LogP contribution in [0.5, 0.6) is 0 Å². The van der Waals surface area contributed by atoms with Gasteiger partial charge in [-0.2, -0.15) is 0 Å². The summed E-state index contributed by atoms with van der Waals surface area (Å²) >= 11 is 0. The first-order valence-electron chi connectivity index (χ1n) is 10.5. The summed E-state index contributed by atoms with van der Waals surface area (Å²) in [5.74, 6) is 1.24. The van der Waals surface area contributed by atoms with Crippen molar-refractivity contribution < 1.29 is 9.53 Å². The molecule has 0 N–H and O–H groups in total. The average molecular weight is 357 g/mol. The third kappa shape index (κ3) is 2.08. The Kier molecular flexibility index (Phi) is 3.71. The van der Waals surface area contributed by atoms with E-state index < -0.39 is 0 Å². The first kappa shape index (κ1) is 18.3. The van der Waals surface area contributed by atoms with Crippen LogP contribution in [0.15, 0.2) is 23.8 Å². The van der Waals surface area contributed by atoms with Gasteiger partial charge in [-0.25, -0.2) is 4.79 Å². The number of carbonyl (C=O) groups is 1. The Hall–Kier alpha value is -1.05. The number of fused-ring (bicyclic) bond motifs is 4. The summed E-state index contributed by atoms with van der Waals surface area (Å²) < 4.78 is 6.12. The third-order valence-electron chi connectivity index (χ3n) is 9.87. The van der Waals surface area contributed by atoms with Gasteiger partial charge in [-0.15, -0.1) is 0 Å². The topological polar surface area (TPSA) is 26.3 Å². The zero-order chi connectivity index (χ0) is 19.1. The van der Waals surface area contributed by atoms with Gasteiger partial charge < -0.3 is 4.74 Å². The SMILES string of the molecule is C=C1C2CCC(/C=C(\C)C(=O)OC3CC4CCC3(C)C4(C)C)(C2)C1(C)C. The molecule has 5 unspecified atom stereocenters. The van der Waals surface area contributed by atoms with E-state index in [1.54, 1.807) is 0 Å². The number of carbonyl (C=O) groups excluding carboxylic acids is 1. The van der Waals surface area contributed by atoms with Gasteiger partial charge in [0.2, 0.25) is 0 Å². The molecule has 2 heteroatoms. The monoisotopic (exact) mass is 356 g/mol. The Morgan fingerprint density at radius 3 is 2.35 bits per heavy atom. The average Bonchev–Trinajstić information content (AvgIpc) is 3.18.